The second-order valence-electron chi connectivity index (χ2n) is 4.29. The first kappa shape index (κ1) is 15.8. The number of benzene rings is 1. The molecule has 0 aliphatic rings. The van der Waals surface area contributed by atoms with Crippen LogP contribution in [0.4, 0.5) is 0 Å². The van der Waals surface area contributed by atoms with Crippen molar-refractivity contribution >= 4 is 0 Å². The van der Waals surface area contributed by atoms with Crippen LogP contribution in [0.25, 0.3) is 0 Å². The van der Waals surface area contributed by atoms with E-state index in [1.54, 1.807) is 0 Å². The Morgan fingerprint density at radius 2 is 1.68 bits per heavy atom. The molecular weight excluding hydrogens is 242 g/mol. The summed E-state index contributed by atoms with van der Waals surface area (Å²) in [6.45, 7) is 8.01. The molecule has 0 radical (unpaired) electrons. The molecule has 4 nitrogen and oxygen atoms in total. The molecule has 1 aromatic carbocycles. The molecule has 0 unspecified atom stereocenters. The van der Waals surface area contributed by atoms with Gasteiger partial charge in [0.1, 0.15) is 6.61 Å². The molecule has 0 amide bonds. The van der Waals surface area contributed by atoms with E-state index in [1.165, 1.54) is 0 Å². The molecule has 19 heavy (non-hydrogen) atoms. The fourth-order valence-corrected chi connectivity index (χ4v) is 1.92. The van der Waals surface area contributed by atoms with Crippen LogP contribution in [0.2, 0.25) is 0 Å². The van der Waals surface area contributed by atoms with E-state index in [-0.39, 0.29) is 6.61 Å². The van der Waals surface area contributed by atoms with Crippen molar-refractivity contribution in [1.29, 1.82) is 0 Å². The second-order valence-corrected chi connectivity index (χ2v) is 4.29. The van der Waals surface area contributed by atoms with Crippen LogP contribution < -0.4 is 9.47 Å². The Balaban J connectivity index is 2.42. The molecule has 1 N–H and O–H groups in total. The molecule has 1 aromatic rings. The first-order valence-corrected chi connectivity index (χ1v) is 6.99. The first-order valence-electron chi connectivity index (χ1n) is 6.99. The molecule has 0 bridgehead atoms. The zero-order valence-corrected chi connectivity index (χ0v) is 12.0. The van der Waals surface area contributed by atoms with E-state index in [2.05, 4.69) is 11.8 Å². The lowest BCUT2D eigenvalue weighted by Gasteiger charge is -2.21. The van der Waals surface area contributed by atoms with Gasteiger partial charge in [0.25, 0.3) is 0 Å². The number of aliphatic hydroxyl groups is 1. The van der Waals surface area contributed by atoms with Gasteiger partial charge in [0.15, 0.2) is 11.5 Å². The summed E-state index contributed by atoms with van der Waals surface area (Å²) in [7, 11) is 0. The van der Waals surface area contributed by atoms with Crippen LogP contribution in [0.5, 0.6) is 11.5 Å². The van der Waals surface area contributed by atoms with Gasteiger partial charge in [-0.15, -0.1) is 0 Å². The average Bonchev–Trinajstić information content (AvgIpc) is 2.41. The monoisotopic (exact) mass is 267 g/mol. The van der Waals surface area contributed by atoms with Gasteiger partial charge in [-0.2, -0.15) is 0 Å². The van der Waals surface area contributed by atoms with Crippen LogP contribution in [0.3, 0.4) is 0 Å². The largest absolute Gasteiger partial charge is 0.490 e. The van der Waals surface area contributed by atoms with Gasteiger partial charge in [0.05, 0.1) is 13.2 Å². The lowest BCUT2D eigenvalue weighted by molar-refractivity contribution is 0.166. The molecule has 0 fully saturated rings. The zero-order chi connectivity index (χ0) is 13.9. The number of nitrogens with zero attached hydrogens (tertiary/aromatic N) is 1. The Kier molecular flexibility index (Phi) is 8.02. The van der Waals surface area contributed by atoms with Crippen LogP contribution in [0, 0.1) is 0 Å². The third kappa shape index (κ3) is 5.94. The van der Waals surface area contributed by atoms with Crippen LogP contribution in [-0.4, -0.2) is 49.5 Å². The Bertz CT molecular complexity index is 338. The average molecular weight is 267 g/mol. The molecule has 0 heterocycles. The van der Waals surface area contributed by atoms with Gasteiger partial charge in [0, 0.05) is 13.1 Å². The van der Waals surface area contributed by atoms with Crippen molar-refractivity contribution in [3.05, 3.63) is 24.3 Å². The predicted molar refractivity (Wildman–Crippen MR) is 76.9 cm³/mol. The van der Waals surface area contributed by atoms with Crippen molar-refractivity contribution in [2.24, 2.45) is 0 Å². The summed E-state index contributed by atoms with van der Waals surface area (Å²) in [4.78, 5) is 2.20. The first-order chi connectivity index (χ1) is 9.31. The summed E-state index contributed by atoms with van der Waals surface area (Å²) in [6, 6.07) is 7.71. The van der Waals surface area contributed by atoms with Gasteiger partial charge >= 0.3 is 0 Å². The van der Waals surface area contributed by atoms with Gasteiger partial charge in [-0.1, -0.05) is 19.1 Å². The smallest absolute Gasteiger partial charge is 0.161 e. The number of rotatable bonds is 10. The molecule has 0 aliphatic heterocycles. The van der Waals surface area contributed by atoms with E-state index < -0.39 is 0 Å². The quantitative estimate of drug-likeness (QED) is 0.705. The second kappa shape index (κ2) is 9.64. The standard InChI is InChI=1S/C15H25NO3/c1-3-9-16(10-12-17)11-13-19-15-8-6-5-7-14(15)18-4-2/h5-8,17H,3-4,9-13H2,1-2H3. The number of hydrogen-bond donors (Lipinski definition) is 1. The van der Waals surface area contributed by atoms with E-state index in [4.69, 9.17) is 14.6 Å². The summed E-state index contributed by atoms with van der Waals surface area (Å²) >= 11 is 0. The van der Waals surface area contributed by atoms with E-state index in [9.17, 15) is 0 Å². The van der Waals surface area contributed by atoms with E-state index in [0.717, 1.165) is 31.0 Å². The van der Waals surface area contributed by atoms with Crippen LogP contribution in [-0.2, 0) is 0 Å². The summed E-state index contributed by atoms with van der Waals surface area (Å²) in [6.07, 6.45) is 1.08. The van der Waals surface area contributed by atoms with Gasteiger partial charge in [0.2, 0.25) is 0 Å². The molecule has 0 saturated carbocycles. The molecule has 4 heteroatoms. The Hall–Kier alpha value is -1.26. The lowest BCUT2D eigenvalue weighted by Crippen LogP contribution is -2.31. The summed E-state index contributed by atoms with van der Waals surface area (Å²) in [5, 5.41) is 8.99. The summed E-state index contributed by atoms with van der Waals surface area (Å²) in [5.41, 5.74) is 0. The SMILES string of the molecule is CCCN(CCO)CCOc1ccccc1OCC. The Labute approximate surface area is 115 Å². The van der Waals surface area contributed by atoms with Gasteiger partial charge in [-0.25, -0.2) is 0 Å². The predicted octanol–water partition coefficient (Wildman–Crippen LogP) is 2.17. The highest BCUT2D eigenvalue weighted by Gasteiger charge is 2.06. The minimum absolute atomic E-state index is 0.190. The Morgan fingerprint density at radius 1 is 1.00 bits per heavy atom. The van der Waals surface area contributed by atoms with Crippen LogP contribution in [0.15, 0.2) is 24.3 Å². The maximum atomic E-state index is 8.99. The number of para-hydroxylation sites is 2. The van der Waals surface area contributed by atoms with Gasteiger partial charge in [-0.05, 0) is 32.0 Å². The maximum absolute atomic E-state index is 8.99. The van der Waals surface area contributed by atoms with Crippen molar-refractivity contribution in [1.82, 2.24) is 4.90 Å². The van der Waals surface area contributed by atoms with Crippen molar-refractivity contribution in [3.8, 4) is 11.5 Å². The molecule has 0 spiro atoms. The Morgan fingerprint density at radius 3 is 2.26 bits per heavy atom. The molecule has 0 aliphatic carbocycles. The third-order valence-corrected chi connectivity index (χ3v) is 2.77. The molecule has 0 saturated heterocycles. The summed E-state index contributed by atoms with van der Waals surface area (Å²) < 4.78 is 11.3. The maximum Gasteiger partial charge on any atom is 0.161 e. The van der Waals surface area contributed by atoms with E-state index >= 15 is 0 Å². The highest BCUT2D eigenvalue weighted by molar-refractivity contribution is 5.39. The molecule has 0 aromatic heterocycles. The molecule has 0 atom stereocenters. The lowest BCUT2D eigenvalue weighted by atomic mass is 10.3. The van der Waals surface area contributed by atoms with Crippen molar-refractivity contribution in [2.75, 3.05) is 39.5 Å². The minimum Gasteiger partial charge on any atom is -0.490 e. The van der Waals surface area contributed by atoms with Gasteiger partial charge < -0.3 is 14.6 Å². The number of hydrogen-bond acceptors (Lipinski definition) is 4. The highest BCUT2D eigenvalue weighted by atomic mass is 16.5. The van der Waals surface area contributed by atoms with Crippen molar-refractivity contribution in [3.63, 3.8) is 0 Å². The van der Waals surface area contributed by atoms with Gasteiger partial charge in [-0.3, -0.25) is 4.90 Å². The van der Waals surface area contributed by atoms with Crippen LogP contribution in [0.1, 0.15) is 20.3 Å². The van der Waals surface area contributed by atoms with E-state index in [0.29, 0.717) is 19.8 Å². The van der Waals surface area contributed by atoms with Crippen LogP contribution >= 0.6 is 0 Å². The molecule has 108 valence electrons. The zero-order valence-electron chi connectivity index (χ0n) is 12.0. The fraction of sp³-hybridized carbons (Fsp3) is 0.600. The normalized spacial score (nSPS) is 10.7. The highest BCUT2D eigenvalue weighted by Crippen LogP contribution is 2.26. The van der Waals surface area contributed by atoms with Crippen molar-refractivity contribution < 1.29 is 14.6 Å². The number of aliphatic hydroxyl groups excluding tert-OH is 1. The number of ether oxygens (including phenoxy) is 2. The molecular formula is C15H25NO3. The topological polar surface area (TPSA) is 41.9 Å². The summed E-state index contributed by atoms with van der Waals surface area (Å²) in [5.74, 6) is 1.57. The van der Waals surface area contributed by atoms with E-state index in [1.807, 2.05) is 31.2 Å². The molecule has 1 rings (SSSR count). The van der Waals surface area contributed by atoms with Crippen molar-refractivity contribution in [2.45, 2.75) is 20.3 Å². The minimum atomic E-state index is 0.190. The third-order valence-electron chi connectivity index (χ3n) is 2.77. The fourth-order valence-electron chi connectivity index (χ4n) is 1.92.